The van der Waals surface area contributed by atoms with Crippen LogP contribution >= 0.6 is 9.24 Å². The van der Waals surface area contributed by atoms with Crippen molar-refractivity contribution >= 4 is 14.8 Å². The first kappa shape index (κ1) is 20.1. The summed E-state index contributed by atoms with van der Waals surface area (Å²) in [4.78, 5) is 10.7. The fraction of sp³-hybridized carbons (Fsp3) is 0.944. The summed E-state index contributed by atoms with van der Waals surface area (Å²) in [6.07, 6.45) is 21.4. The van der Waals surface area contributed by atoms with Gasteiger partial charge in [-0.2, -0.15) is 0 Å². The Labute approximate surface area is 129 Å². The highest BCUT2D eigenvalue weighted by Gasteiger charge is 1.95. The van der Waals surface area contributed by atoms with Gasteiger partial charge >= 0.3 is 0 Å². The van der Waals surface area contributed by atoms with Crippen molar-refractivity contribution in [2.24, 2.45) is 0 Å². The van der Waals surface area contributed by atoms with Crippen LogP contribution in [0.25, 0.3) is 0 Å². The fourth-order valence-electron chi connectivity index (χ4n) is 2.67. The smallest absolute Gasteiger partial charge is 0.148 e. The summed E-state index contributed by atoms with van der Waals surface area (Å²) in [5.41, 5.74) is 0.264. The monoisotopic (exact) mass is 300 g/mol. The van der Waals surface area contributed by atoms with E-state index in [9.17, 15) is 4.79 Å². The van der Waals surface area contributed by atoms with Gasteiger partial charge in [-0.15, -0.1) is 0 Å². The van der Waals surface area contributed by atoms with Gasteiger partial charge in [-0.3, -0.25) is 4.79 Å². The third kappa shape index (κ3) is 18.1. The summed E-state index contributed by atoms with van der Waals surface area (Å²) in [6, 6.07) is 0. The predicted octanol–water partition coefficient (Wildman–Crippen LogP) is 6.65. The minimum atomic E-state index is 0.264. The van der Waals surface area contributed by atoms with Gasteiger partial charge in [0.25, 0.3) is 0 Å². The largest absolute Gasteiger partial charge is 0.295 e. The van der Waals surface area contributed by atoms with Crippen LogP contribution in [0.15, 0.2) is 0 Å². The molecule has 0 aliphatic carbocycles. The molecule has 2 heteroatoms. The highest BCUT2D eigenvalue weighted by molar-refractivity contribution is 7.40. The summed E-state index contributed by atoms with van der Waals surface area (Å²) in [5.74, 6) is 0. The number of unbranched alkanes of at least 4 members (excludes halogenated alkanes) is 14. The van der Waals surface area contributed by atoms with E-state index in [2.05, 4.69) is 16.2 Å². The average Bonchev–Trinajstić information content (AvgIpc) is 2.43. The molecule has 0 bridgehead atoms. The average molecular weight is 300 g/mol. The number of carbonyl (C=O) groups is 1. The van der Waals surface area contributed by atoms with Gasteiger partial charge in [0, 0.05) is 6.42 Å². The maximum atomic E-state index is 10.7. The van der Waals surface area contributed by atoms with Gasteiger partial charge in [0.05, 0.1) is 0 Å². The van der Waals surface area contributed by atoms with Gasteiger partial charge in [-0.25, -0.2) is 0 Å². The van der Waals surface area contributed by atoms with Crippen LogP contribution in [0, 0.1) is 0 Å². The Balaban J connectivity index is 2.94. The number of rotatable bonds is 16. The molecule has 0 heterocycles. The number of carbonyl (C=O) groups excluding carboxylic acids is 1. The molecule has 120 valence electrons. The van der Waals surface area contributed by atoms with E-state index in [4.69, 9.17) is 0 Å². The molecule has 1 nitrogen and oxygen atoms in total. The van der Waals surface area contributed by atoms with Crippen molar-refractivity contribution in [3.8, 4) is 0 Å². The number of hydrogen-bond donors (Lipinski definition) is 0. The molecule has 0 saturated carbocycles. The first-order chi connectivity index (χ1) is 9.77. The summed E-state index contributed by atoms with van der Waals surface area (Å²) in [6.45, 7) is 2.28. The molecule has 0 rings (SSSR count). The standard InChI is InChI=1S/C18H37OP/c1-2-3-4-5-6-7-8-9-10-11-12-13-14-15-16-17-18(19)20/h2-17,20H2,1H3. The Bertz CT molecular complexity index is 204. The van der Waals surface area contributed by atoms with Gasteiger partial charge in [0.15, 0.2) is 0 Å². The van der Waals surface area contributed by atoms with E-state index in [0.717, 1.165) is 12.8 Å². The SMILES string of the molecule is CCCCCCCCCCCCCCCCCC(=O)P. The molecule has 0 N–H and O–H groups in total. The van der Waals surface area contributed by atoms with Crippen molar-refractivity contribution in [2.75, 3.05) is 0 Å². The second kappa shape index (κ2) is 17.2. The lowest BCUT2D eigenvalue weighted by Crippen LogP contribution is -1.86. The van der Waals surface area contributed by atoms with E-state index in [0.29, 0.717) is 0 Å². The Hall–Kier alpha value is 0.100. The third-order valence-corrected chi connectivity index (χ3v) is 4.32. The van der Waals surface area contributed by atoms with E-state index >= 15 is 0 Å². The predicted molar refractivity (Wildman–Crippen MR) is 94.3 cm³/mol. The molecular formula is C18H37OP. The lowest BCUT2D eigenvalue weighted by atomic mass is 10.0. The molecule has 0 aliphatic heterocycles. The van der Waals surface area contributed by atoms with Crippen molar-refractivity contribution in [3.05, 3.63) is 0 Å². The van der Waals surface area contributed by atoms with Crippen molar-refractivity contribution < 1.29 is 4.79 Å². The van der Waals surface area contributed by atoms with Crippen LogP contribution in [0.3, 0.4) is 0 Å². The quantitative estimate of drug-likeness (QED) is 0.230. The molecule has 0 aliphatic rings. The van der Waals surface area contributed by atoms with Crippen molar-refractivity contribution in [1.29, 1.82) is 0 Å². The van der Waals surface area contributed by atoms with E-state index in [1.54, 1.807) is 0 Å². The zero-order valence-corrected chi connectivity index (χ0v) is 15.0. The number of hydrogen-bond acceptors (Lipinski definition) is 1. The van der Waals surface area contributed by atoms with E-state index in [1.165, 1.54) is 89.9 Å². The molecule has 1 atom stereocenters. The van der Waals surface area contributed by atoms with Crippen LogP contribution in [-0.4, -0.2) is 5.52 Å². The zero-order valence-electron chi connectivity index (χ0n) is 13.8. The Kier molecular flexibility index (Phi) is 17.2. The molecule has 0 aromatic carbocycles. The van der Waals surface area contributed by atoms with Crippen molar-refractivity contribution in [1.82, 2.24) is 0 Å². The molecule has 0 amide bonds. The highest BCUT2D eigenvalue weighted by atomic mass is 31.0. The van der Waals surface area contributed by atoms with Gasteiger partial charge < -0.3 is 0 Å². The van der Waals surface area contributed by atoms with E-state index in [1.807, 2.05) is 0 Å². The molecule has 0 aromatic rings. The maximum absolute atomic E-state index is 10.7. The first-order valence-corrected chi connectivity index (χ1v) is 9.63. The molecule has 0 saturated heterocycles. The van der Waals surface area contributed by atoms with Crippen LogP contribution in [0.1, 0.15) is 110 Å². The van der Waals surface area contributed by atoms with E-state index < -0.39 is 0 Å². The second-order valence-electron chi connectivity index (χ2n) is 6.17. The summed E-state index contributed by atoms with van der Waals surface area (Å²) in [5, 5.41) is 0. The van der Waals surface area contributed by atoms with Crippen molar-refractivity contribution in [2.45, 2.75) is 110 Å². The van der Waals surface area contributed by atoms with Gasteiger partial charge in [0.2, 0.25) is 0 Å². The van der Waals surface area contributed by atoms with E-state index in [-0.39, 0.29) is 5.52 Å². The lowest BCUT2D eigenvalue weighted by Gasteiger charge is -2.03. The van der Waals surface area contributed by atoms with Gasteiger partial charge in [-0.05, 0) is 6.42 Å². The summed E-state index contributed by atoms with van der Waals surface area (Å²) < 4.78 is 0. The lowest BCUT2D eigenvalue weighted by molar-refractivity contribution is -0.111. The Morgan fingerprint density at radius 3 is 1.20 bits per heavy atom. The molecule has 0 fully saturated rings. The highest BCUT2D eigenvalue weighted by Crippen LogP contribution is 2.13. The Morgan fingerprint density at radius 1 is 0.600 bits per heavy atom. The normalized spacial score (nSPS) is 10.9. The van der Waals surface area contributed by atoms with Gasteiger partial charge in [0.1, 0.15) is 5.52 Å². The van der Waals surface area contributed by atoms with Crippen LogP contribution in [0.4, 0.5) is 0 Å². The minimum Gasteiger partial charge on any atom is -0.295 e. The second-order valence-corrected chi connectivity index (χ2v) is 6.81. The fourth-order valence-corrected chi connectivity index (χ4v) is 2.87. The maximum Gasteiger partial charge on any atom is 0.148 e. The minimum absolute atomic E-state index is 0.264. The van der Waals surface area contributed by atoms with Crippen LogP contribution in [-0.2, 0) is 4.79 Å². The van der Waals surface area contributed by atoms with Gasteiger partial charge in [-0.1, -0.05) is 106 Å². The molecule has 20 heavy (non-hydrogen) atoms. The summed E-state index contributed by atoms with van der Waals surface area (Å²) in [7, 11) is 2.27. The van der Waals surface area contributed by atoms with Crippen LogP contribution in [0.5, 0.6) is 0 Å². The molecule has 0 aromatic heterocycles. The Morgan fingerprint density at radius 2 is 0.900 bits per heavy atom. The summed E-state index contributed by atoms with van der Waals surface area (Å²) >= 11 is 0. The van der Waals surface area contributed by atoms with Crippen molar-refractivity contribution in [3.63, 3.8) is 0 Å². The topological polar surface area (TPSA) is 17.1 Å². The molecular weight excluding hydrogens is 263 g/mol. The zero-order chi connectivity index (χ0) is 14.9. The van der Waals surface area contributed by atoms with Crippen LogP contribution < -0.4 is 0 Å². The van der Waals surface area contributed by atoms with Crippen LogP contribution in [0.2, 0.25) is 0 Å². The molecule has 0 spiro atoms. The molecule has 1 unspecified atom stereocenters. The molecule has 0 radical (unpaired) electrons. The third-order valence-electron chi connectivity index (χ3n) is 4.03. The first-order valence-electron chi connectivity index (χ1n) is 9.05.